The summed E-state index contributed by atoms with van der Waals surface area (Å²) in [7, 11) is 0. The lowest BCUT2D eigenvalue weighted by molar-refractivity contribution is 0.729. The smallest absolute Gasteiger partial charge is 0.185 e. The molecule has 3 heteroatoms. The highest BCUT2D eigenvalue weighted by Gasteiger charge is 2.20. The summed E-state index contributed by atoms with van der Waals surface area (Å²) in [5, 5.41) is 1.15. The Balaban J connectivity index is 1.76. The maximum Gasteiger partial charge on any atom is 0.185 e. The van der Waals surface area contributed by atoms with Gasteiger partial charge in [0.2, 0.25) is 0 Å². The van der Waals surface area contributed by atoms with Gasteiger partial charge in [-0.05, 0) is 24.0 Å². The van der Waals surface area contributed by atoms with Crippen LogP contribution < -0.4 is 4.90 Å². The second-order valence-electron chi connectivity index (χ2n) is 6.43. The van der Waals surface area contributed by atoms with Crippen LogP contribution in [0.15, 0.2) is 54.8 Å². The van der Waals surface area contributed by atoms with Crippen LogP contribution in [0.5, 0.6) is 0 Å². The van der Waals surface area contributed by atoms with Crippen molar-refractivity contribution in [3.05, 3.63) is 70.8 Å². The maximum atomic E-state index is 4.73. The van der Waals surface area contributed by atoms with Crippen LogP contribution in [-0.2, 0) is 13.0 Å². The number of nitrogens with zero attached hydrogens (tertiary/aromatic N) is 2. The molecule has 1 aliphatic heterocycles. The Bertz CT molecular complexity index is 729. The first-order valence-electron chi connectivity index (χ1n) is 8.81. The van der Waals surface area contributed by atoms with E-state index in [-0.39, 0.29) is 0 Å². The monoisotopic (exact) mass is 338 g/mol. The van der Waals surface area contributed by atoms with Crippen molar-refractivity contribution in [2.75, 3.05) is 11.4 Å². The third kappa shape index (κ3) is 3.62. The zero-order chi connectivity index (χ0) is 16.9. The summed E-state index contributed by atoms with van der Waals surface area (Å²) in [4.78, 5) is 8.50. The average Bonchev–Trinajstić information content (AvgIpc) is 3.10. The van der Waals surface area contributed by atoms with Crippen molar-refractivity contribution < 1.29 is 0 Å². The number of benzene rings is 1. The molecular formula is C21H26N2S. The molecule has 0 radical (unpaired) electrons. The third-order valence-electron chi connectivity index (χ3n) is 4.77. The molecule has 1 unspecified atom stereocenters. The average molecular weight is 339 g/mol. The fourth-order valence-electron chi connectivity index (χ4n) is 3.35. The summed E-state index contributed by atoms with van der Waals surface area (Å²) in [5.41, 5.74) is 4.37. The Labute approximate surface area is 149 Å². The Hall–Kier alpha value is -1.87. The zero-order valence-corrected chi connectivity index (χ0v) is 15.5. The van der Waals surface area contributed by atoms with E-state index in [9.17, 15) is 0 Å². The first-order chi connectivity index (χ1) is 11.7. The minimum absolute atomic E-state index is 0.422. The van der Waals surface area contributed by atoms with Crippen LogP contribution in [0.1, 0.15) is 48.6 Å². The van der Waals surface area contributed by atoms with Crippen LogP contribution in [0.4, 0.5) is 5.13 Å². The van der Waals surface area contributed by atoms with E-state index in [1.165, 1.54) is 28.0 Å². The molecule has 0 bridgehead atoms. The molecule has 0 amide bonds. The molecule has 3 rings (SSSR count). The summed E-state index contributed by atoms with van der Waals surface area (Å²) in [6.45, 7) is 10.4. The predicted octanol–water partition coefficient (Wildman–Crippen LogP) is 5.72. The van der Waals surface area contributed by atoms with Crippen LogP contribution >= 0.6 is 11.3 Å². The topological polar surface area (TPSA) is 16.1 Å². The molecule has 0 fully saturated rings. The normalized spacial score (nSPS) is 15.9. The van der Waals surface area contributed by atoms with Gasteiger partial charge in [-0.2, -0.15) is 0 Å². The second kappa shape index (κ2) is 7.80. The molecule has 1 aliphatic rings. The Morgan fingerprint density at radius 3 is 2.92 bits per heavy atom. The SMILES string of the molecule is C=C/C=C(\CCC)C(C)c1cnc(N2CCc3ccccc3C2)s1. The largest absolute Gasteiger partial charge is 0.343 e. The lowest BCUT2D eigenvalue weighted by atomic mass is 9.95. The van der Waals surface area contributed by atoms with Gasteiger partial charge in [0.15, 0.2) is 5.13 Å². The molecule has 0 aliphatic carbocycles. The molecule has 1 aromatic heterocycles. The molecule has 2 aromatic rings. The highest BCUT2D eigenvalue weighted by Crippen LogP contribution is 2.35. The summed E-state index contributed by atoms with van der Waals surface area (Å²) in [6, 6.07) is 8.76. The van der Waals surface area contributed by atoms with Crippen molar-refractivity contribution >= 4 is 16.5 Å². The first-order valence-corrected chi connectivity index (χ1v) is 9.63. The van der Waals surface area contributed by atoms with Gasteiger partial charge < -0.3 is 4.90 Å². The molecule has 24 heavy (non-hydrogen) atoms. The molecule has 0 N–H and O–H groups in total. The molecule has 0 saturated heterocycles. The summed E-state index contributed by atoms with van der Waals surface area (Å²) >= 11 is 1.84. The number of anilines is 1. The molecule has 0 spiro atoms. The zero-order valence-electron chi connectivity index (χ0n) is 14.7. The van der Waals surface area contributed by atoms with Gasteiger partial charge in [0.1, 0.15) is 0 Å². The van der Waals surface area contributed by atoms with Gasteiger partial charge in [0.05, 0.1) is 0 Å². The van der Waals surface area contributed by atoms with Gasteiger partial charge in [-0.3, -0.25) is 0 Å². The molecule has 2 nitrogen and oxygen atoms in total. The van der Waals surface area contributed by atoms with E-state index in [1.54, 1.807) is 0 Å². The number of aromatic nitrogens is 1. The van der Waals surface area contributed by atoms with Crippen molar-refractivity contribution in [3.63, 3.8) is 0 Å². The third-order valence-corrected chi connectivity index (χ3v) is 6.01. The van der Waals surface area contributed by atoms with E-state index < -0.39 is 0 Å². The van der Waals surface area contributed by atoms with E-state index in [1.807, 2.05) is 17.4 Å². The molecule has 2 heterocycles. The van der Waals surface area contributed by atoms with Crippen molar-refractivity contribution in [2.45, 2.75) is 45.6 Å². The maximum absolute atomic E-state index is 4.73. The van der Waals surface area contributed by atoms with Gasteiger partial charge in [0.25, 0.3) is 0 Å². The van der Waals surface area contributed by atoms with Crippen molar-refractivity contribution in [3.8, 4) is 0 Å². The van der Waals surface area contributed by atoms with E-state index in [4.69, 9.17) is 4.98 Å². The fourth-order valence-corrected chi connectivity index (χ4v) is 4.38. The molecule has 126 valence electrons. The number of hydrogen-bond acceptors (Lipinski definition) is 3. The summed E-state index contributed by atoms with van der Waals surface area (Å²) in [5.74, 6) is 0.422. The number of thiazole rings is 1. The van der Waals surface area contributed by atoms with Crippen molar-refractivity contribution in [2.24, 2.45) is 0 Å². The van der Waals surface area contributed by atoms with Crippen molar-refractivity contribution in [1.82, 2.24) is 4.98 Å². The number of hydrogen-bond donors (Lipinski definition) is 0. The highest BCUT2D eigenvalue weighted by atomic mass is 32.1. The predicted molar refractivity (Wildman–Crippen MR) is 105 cm³/mol. The summed E-state index contributed by atoms with van der Waals surface area (Å²) < 4.78 is 0. The fraction of sp³-hybridized carbons (Fsp3) is 0.381. The minimum atomic E-state index is 0.422. The van der Waals surface area contributed by atoms with Crippen LogP contribution in [0.25, 0.3) is 0 Å². The van der Waals surface area contributed by atoms with E-state index in [0.717, 1.165) is 31.1 Å². The molecule has 1 atom stereocenters. The number of rotatable bonds is 6. The quantitative estimate of drug-likeness (QED) is 0.626. The lowest BCUT2D eigenvalue weighted by Gasteiger charge is -2.28. The standard InChI is InChI=1S/C21H26N2S/c1-4-8-17(9-5-2)16(3)20-14-22-21(24-20)23-13-12-18-10-6-7-11-19(18)15-23/h4,6-8,10-11,14,16H,1,5,9,12-13,15H2,2-3H3/b17-8+. The Kier molecular flexibility index (Phi) is 5.52. The van der Waals surface area contributed by atoms with Crippen LogP contribution in [0, 0.1) is 0 Å². The first kappa shape index (κ1) is 17.0. The lowest BCUT2D eigenvalue weighted by Crippen LogP contribution is -2.30. The molecule has 1 aromatic carbocycles. The van der Waals surface area contributed by atoms with Crippen LogP contribution in [-0.4, -0.2) is 11.5 Å². The summed E-state index contributed by atoms with van der Waals surface area (Å²) in [6.07, 6.45) is 9.54. The van der Waals surface area contributed by atoms with Gasteiger partial charge >= 0.3 is 0 Å². The highest BCUT2D eigenvalue weighted by molar-refractivity contribution is 7.15. The van der Waals surface area contributed by atoms with Gasteiger partial charge in [-0.1, -0.05) is 68.8 Å². The Morgan fingerprint density at radius 2 is 2.17 bits per heavy atom. The number of allylic oxidation sites excluding steroid dienone is 3. The molecular weight excluding hydrogens is 312 g/mol. The Morgan fingerprint density at radius 1 is 1.38 bits per heavy atom. The van der Waals surface area contributed by atoms with Crippen LogP contribution in [0.3, 0.4) is 0 Å². The van der Waals surface area contributed by atoms with E-state index >= 15 is 0 Å². The van der Waals surface area contributed by atoms with Crippen molar-refractivity contribution in [1.29, 1.82) is 0 Å². The van der Waals surface area contributed by atoms with E-state index in [0.29, 0.717) is 5.92 Å². The van der Waals surface area contributed by atoms with Gasteiger partial charge in [-0.15, -0.1) is 11.3 Å². The van der Waals surface area contributed by atoms with Gasteiger partial charge in [0, 0.05) is 30.1 Å². The van der Waals surface area contributed by atoms with E-state index in [2.05, 4.69) is 61.9 Å². The molecule has 0 saturated carbocycles. The number of fused-ring (bicyclic) bond motifs is 1. The second-order valence-corrected chi connectivity index (χ2v) is 7.48. The van der Waals surface area contributed by atoms with Gasteiger partial charge in [-0.25, -0.2) is 4.98 Å². The van der Waals surface area contributed by atoms with Crippen LogP contribution in [0.2, 0.25) is 0 Å². The minimum Gasteiger partial charge on any atom is -0.343 e.